The quantitative estimate of drug-likeness (QED) is 0.751. The van der Waals surface area contributed by atoms with Gasteiger partial charge in [-0.15, -0.1) is 5.10 Å². The molecule has 0 N–H and O–H groups in total. The SMILES string of the molecule is FC(F)(F)c1ccccc1-c1csnn1. The molecule has 1 heterocycles. The summed E-state index contributed by atoms with van der Waals surface area (Å²) in [5, 5.41) is 5.12. The molecule has 1 aromatic heterocycles. The Kier molecular flexibility index (Phi) is 2.44. The smallest absolute Gasteiger partial charge is 0.166 e. The van der Waals surface area contributed by atoms with Gasteiger partial charge in [0.15, 0.2) is 0 Å². The van der Waals surface area contributed by atoms with Crippen LogP contribution in [0.15, 0.2) is 29.6 Å². The zero-order valence-corrected chi connectivity index (χ0v) is 8.14. The van der Waals surface area contributed by atoms with Gasteiger partial charge in [0.05, 0.1) is 5.56 Å². The molecule has 0 saturated carbocycles. The summed E-state index contributed by atoms with van der Waals surface area (Å²) >= 11 is 1.03. The van der Waals surface area contributed by atoms with Gasteiger partial charge in [-0.25, -0.2) is 0 Å². The summed E-state index contributed by atoms with van der Waals surface area (Å²) in [6.45, 7) is 0. The molecule has 0 aliphatic rings. The Hall–Kier alpha value is -1.43. The molecule has 0 radical (unpaired) electrons. The van der Waals surface area contributed by atoms with E-state index in [-0.39, 0.29) is 11.3 Å². The highest BCUT2D eigenvalue weighted by molar-refractivity contribution is 7.03. The molecule has 0 unspecified atom stereocenters. The van der Waals surface area contributed by atoms with Crippen LogP contribution >= 0.6 is 11.5 Å². The minimum absolute atomic E-state index is 0.0683. The van der Waals surface area contributed by atoms with Crippen molar-refractivity contribution in [1.29, 1.82) is 0 Å². The zero-order valence-electron chi connectivity index (χ0n) is 7.32. The zero-order chi connectivity index (χ0) is 10.9. The van der Waals surface area contributed by atoms with Gasteiger partial charge in [-0.05, 0) is 17.6 Å². The van der Waals surface area contributed by atoms with Gasteiger partial charge < -0.3 is 0 Å². The molecular formula is C9H5F3N2S. The highest BCUT2D eigenvalue weighted by Crippen LogP contribution is 2.36. The number of hydrogen-bond acceptors (Lipinski definition) is 3. The maximum absolute atomic E-state index is 12.6. The Morgan fingerprint density at radius 3 is 2.47 bits per heavy atom. The van der Waals surface area contributed by atoms with E-state index in [0.717, 1.165) is 17.6 Å². The van der Waals surface area contributed by atoms with Crippen LogP contribution in [0.1, 0.15) is 5.56 Å². The lowest BCUT2D eigenvalue weighted by atomic mass is 10.1. The lowest BCUT2D eigenvalue weighted by Gasteiger charge is -2.10. The van der Waals surface area contributed by atoms with Gasteiger partial charge in [0, 0.05) is 10.9 Å². The summed E-state index contributed by atoms with van der Waals surface area (Å²) in [6.07, 6.45) is -4.36. The van der Waals surface area contributed by atoms with E-state index in [0.29, 0.717) is 0 Å². The summed E-state index contributed by atoms with van der Waals surface area (Å²) in [5.74, 6) is 0. The van der Waals surface area contributed by atoms with Crippen LogP contribution in [-0.2, 0) is 6.18 Å². The molecule has 2 nitrogen and oxygen atoms in total. The van der Waals surface area contributed by atoms with E-state index < -0.39 is 11.7 Å². The Labute approximate surface area is 87.5 Å². The first kappa shape index (κ1) is 10.1. The first-order chi connectivity index (χ1) is 7.09. The first-order valence-corrected chi connectivity index (χ1v) is 4.86. The summed E-state index contributed by atoms with van der Waals surface area (Å²) in [6, 6.07) is 5.32. The van der Waals surface area contributed by atoms with Crippen molar-refractivity contribution in [2.24, 2.45) is 0 Å². The molecule has 0 amide bonds. The van der Waals surface area contributed by atoms with Crippen LogP contribution in [0.5, 0.6) is 0 Å². The minimum Gasteiger partial charge on any atom is -0.166 e. The first-order valence-electron chi connectivity index (χ1n) is 4.02. The van der Waals surface area contributed by atoms with Gasteiger partial charge in [0.1, 0.15) is 5.69 Å². The minimum atomic E-state index is -4.36. The number of hydrogen-bond donors (Lipinski definition) is 0. The number of alkyl halides is 3. The fourth-order valence-electron chi connectivity index (χ4n) is 1.24. The Balaban J connectivity index is 2.58. The van der Waals surface area contributed by atoms with E-state index in [4.69, 9.17) is 0 Å². The van der Waals surface area contributed by atoms with Crippen LogP contribution in [0.25, 0.3) is 11.3 Å². The number of halogens is 3. The molecule has 15 heavy (non-hydrogen) atoms. The van der Waals surface area contributed by atoms with E-state index in [1.165, 1.54) is 17.5 Å². The summed E-state index contributed by atoms with van der Waals surface area (Å²) in [7, 11) is 0. The molecule has 0 fully saturated rings. The predicted molar refractivity (Wildman–Crippen MR) is 50.3 cm³/mol. The Bertz CT molecular complexity index is 451. The van der Waals surface area contributed by atoms with Crippen molar-refractivity contribution in [2.45, 2.75) is 6.18 Å². The standard InChI is InChI=1S/C9H5F3N2S/c10-9(11,12)7-4-2-1-3-6(7)8-5-15-14-13-8/h1-5H. The topological polar surface area (TPSA) is 25.8 Å². The molecule has 0 saturated heterocycles. The number of benzene rings is 1. The predicted octanol–water partition coefficient (Wildman–Crippen LogP) is 3.22. The molecule has 0 aliphatic heterocycles. The number of aromatic nitrogens is 2. The fourth-order valence-corrected chi connectivity index (χ4v) is 1.69. The summed E-state index contributed by atoms with van der Waals surface area (Å²) < 4.78 is 41.3. The van der Waals surface area contributed by atoms with Crippen molar-refractivity contribution >= 4 is 11.5 Å². The van der Waals surface area contributed by atoms with Crippen molar-refractivity contribution in [2.75, 3.05) is 0 Å². The average Bonchev–Trinajstić information content (AvgIpc) is 2.69. The largest absolute Gasteiger partial charge is 0.417 e. The maximum Gasteiger partial charge on any atom is 0.417 e. The molecular weight excluding hydrogens is 225 g/mol. The molecule has 6 heteroatoms. The average molecular weight is 230 g/mol. The van der Waals surface area contributed by atoms with E-state index in [2.05, 4.69) is 9.59 Å². The van der Waals surface area contributed by atoms with Crippen molar-refractivity contribution in [3.05, 3.63) is 35.2 Å². The second kappa shape index (κ2) is 3.62. The lowest BCUT2D eigenvalue weighted by molar-refractivity contribution is -0.137. The molecule has 0 aliphatic carbocycles. The third-order valence-corrected chi connectivity index (χ3v) is 2.37. The second-order valence-corrected chi connectivity index (χ2v) is 3.44. The van der Waals surface area contributed by atoms with Crippen LogP contribution in [0.4, 0.5) is 13.2 Å². The summed E-state index contributed by atoms with van der Waals surface area (Å²) in [5.41, 5.74) is -0.357. The van der Waals surface area contributed by atoms with Crippen LogP contribution < -0.4 is 0 Å². The van der Waals surface area contributed by atoms with Gasteiger partial charge >= 0.3 is 6.18 Å². The van der Waals surface area contributed by atoms with Gasteiger partial charge in [-0.1, -0.05) is 22.7 Å². The summed E-state index contributed by atoms with van der Waals surface area (Å²) in [4.78, 5) is 0. The molecule has 2 rings (SSSR count). The third kappa shape index (κ3) is 1.99. The Morgan fingerprint density at radius 2 is 1.87 bits per heavy atom. The molecule has 1 aromatic carbocycles. The van der Waals surface area contributed by atoms with Gasteiger partial charge in [0.25, 0.3) is 0 Å². The lowest BCUT2D eigenvalue weighted by Crippen LogP contribution is -2.06. The van der Waals surface area contributed by atoms with Crippen molar-refractivity contribution in [3.8, 4) is 11.3 Å². The van der Waals surface area contributed by atoms with Gasteiger partial charge in [-0.3, -0.25) is 0 Å². The maximum atomic E-state index is 12.6. The van der Waals surface area contributed by atoms with Gasteiger partial charge in [-0.2, -0.15) is 13.2 Å². The molecule has 0 spiro atoms. The van der Waals surface area contributed by atoms with Crippen LogP contribution in [-0.4, -0.2) is 9.59 Å². The fraction of sp³-hybridized carbons (Fsp3) is 0.111. The molecule has 0 atom stereocenters. The van der Waals surface area contributed by atoms with E-state index in [9.17, 15) is 13.2 Å². The highest BCUT2D eigenvalue weighted by atomic mass is 32.1. The van der Waals surface area contributed by atoms with Crippen molar-refractivity contribution < 1.29 is 13.2 Å². The van der Waals surface area contributed by atoms with Crippen LogP contribution in [0, 0.1) is 0 Å². The molecule has 2 aromatic rings. The van der Waals surface area contributed by atoms with Crippen LogP contribution in [0.2, 0.25) is 0 Å². The van der Waals surface area contributed by atoms with E-state index in [1.54, 1.807) is 6.07 Å². The number of rotatable bonds is 1. The highest BCUT2D eigenvalue weighted by Gasteiger charge is 2.33. The van der Waals surface area contributed by atoms with Crippen molar-refractivity contribution in [3.63, 3.8) is 0 Å². The van der Waals surface area contributed by atoms with E-state index >= 15 is 0 Å². The molecule has 0 bridgehead atoms. The molecule has 78 valence electrons. The normalized spacial score (nSPS) is 11.7. The van der Waals surface area contributed by atoms with Crippen LogP contribution in [0.3, 0.4) is 0 Å². The van der Waals surface area contributed by atoms with Crippen molar-refractivity contribution in [1.82, 2.24) is 9.59 Å². The monoisotopic (exact) mass is 230 g/mol. The third-order valence-electron chi connectivity index (χ3n) is 1.87. The second-order valence-electron chi connectivity index (χ2n) is 2.83. The van der Waals surface area contributed by atoms with E-state index in [1.807, 2.05) is 0 Å². The Morgan fingerprint density at radius 1 is 1.13 bits per heavy atom. The van der Waals surface area contributed by atoms with Gasteiger partial charge in [0.2, 0.25) is 0 Å². The number of nitrogens with zero attached hydrogens (tertiary/aromatic N) is 2.